The van der Waals surface area contributed by atoms with Crippen molar-refractivity contribution in [2.24, 2.45) is 0 Å². The van der Waals surface area contributed by atoms with Gasteiger partial charge in [0.05, 0.1) is 11.4 Å². The van der Waals surface area contributed by atoms with Crippen molar-refractivity contribution in [3.8, 4) is 22.5 Å². The third-order valence-corrected chi connectivity index (χ3v) is 12.8. The molecule has 0 aliphatic heterocycles. The standard InChI is InChI=1S/C62H50N8/c1-4-5-14-46-15-12-18-56(43-46)67(51-35-39-54(40-36-51)69-63-58-20-8-9-21-59(58)64-69)45(3)26-25-44(2)47-27-29-48(30-28-47)49-31-33-52(34-32-49)68(62-24-13-17-50-16-6-7-19-57(50)62)53-37-41-55(42-38-53)70-65-60-22-10-11-23-61(60)66-70/h4,6,8-13,15-18,20-43H,1-3,5,7,14,19H2/b26-25-. The summed E-state index contributed by atoms with van der Waals surface area (Å²) in [5.74, 6) is 0. The van der Waals surface area contributed by atoms with Crippen molar-refractivity contribution in [2.75, 3.05) is 9.80 Å². The molecule has 0 saturated heterocycles. The van der Waals surface area contributed by atoms with Crippen LogP contribution in [0.3, 0.4) is 0 Å². The molecule has 11 rings (SSSR count). The first-order valence-electron chi connectivity index (χ1n) is 23.7. The predicted molar refractivity (Wildman–Crippen MR) is 290 cm³/mol. The van der Waals surface area contributed by atoms with E-state index in [0.717, 1.165) is 110 Å². The first kappa shape index (κ1) is 43.4. The molecule has 0 atom stereocenters. The molecule has 8 nitrogen and oxygen atoms in total. The summed E-state index contributed by atoms with van der Waals surface area (Å²) in [7, 11) is 0. The topological polar surface area (TPSA) is 67.9 Å². The van der Waals surface area contributed by atoms with Gasteiger partial charge in [0.15, 0.2) is 0 Å². The van der Waals surface area contributed by atoms with Gasteiger partial charge in [-0.2, -0.15) is 9.59 Å². The summed E-state index contributed by atoms with van der Waals surface area (Å²) in [6.45, 7) is 13.0. The summed E-state index contributed by atoms with van der Waals surface area (Å²) in [6, 6.07) is 65.3. The lowest BCUT2D eigenvalue weighted by atomic mass is 9.94. The predicted octanol–water partition coefficient (Wildman–Crippen LogP) is 15.3. The second-order valence-corrected chi connectivity index (χ2v) is 17.4. The molecular formula is C62H50N8. The van der Waals surface area contributed by atoms with Crippen LogP contribution < -0.4 is 9.80 Å². The minimum absolute atomic E-state index is 0.801. The van der Waals surface area contributed by atoms with Crippen molar-refractivity contribution in [2.45, 2.75) is 25.7 Å². The lowest BCUT2D eigenvalue weighted by Crippen LogP contribution is -2.15. The molecule has 2 heterocycles. The second-order valence-electron chi connectivity index (χ2n) is 17.4. The highest BCUT2D eigenvalue weighted by Crippen LogP contribution is 2.41. The number of hydrogen-bond donors (Lipinski definition) is 0. The van der Waals surface area contributed by atoms with E-state index in [2.05, 4.69) is 179 Å². The van der Waals surface area contributed by atoms with Gasteiger partial charge in [0.1, 0.15) is 22.1 Å². The fraction of sp³-hybridized carbons (Fsp3) is 0.0645. The molecule has 1 aliphatic carbocycles. The molecular weight excluding hydrogens is 857 g/mol. The van der Waals surface area contributed by atoms with Crippen LogP contribution in [-0.4, -0.2) is 30.0 Å². The van der Waals surface area contributed by atoms with Gasteiger partial charge < -0.3 is 9.80 Å². The highest BCUT2D eigenvalue weighted by atomic mass is 15.5. The summed E-state index contributed by atoms with van der Waals surface area (Å²) in [6.07, 6.45) is 14.4. The van der Waals surface area contributed by atoms with E-state index in [-0.39, 0.29) is 0 Å². The third-order valence-electron chi connectivity index (χ3n) is 12.8. The first-order chi connectivity index (χ1) is 34.5. The van der Waals surface area contributed by atoms with Crippen LogP contribution in [0.2, 0.25) is 0 Å². The number of nitrogens with zero attached hydrogens (tertiary/aromatic N) is 8. The minimum atomic E-state index is 0.801. The third kappa shape index (κ3) is 8.89. The van der Waals surface area contributed by atoms with Gasteiger partial charge in [-0.05, 0) is 174 Å². The van der Waals surface area contributed by atoms with Gasteiger partial charge in [0.25, 0.3) is 0 Å². The van der Waals surface area contributed by atoms with Crippen molar-refractivity contribution >= 4 is 62.2 Å². The van der Waals surface area contributed by atoms with Crippen LogP contribution in [0.5, 0.6) is 0 Å². The Hall–Kier alpha value is -9.14. The van der Waals surface area contributed by atoms with Crippen molar-refractivity contribution < 1.29 is 0 Å². The Morgan fingerprint density at radius 3 is 1.67 bits per heavy atom. The Balaban J connectivity index is 0.831. The quantitative estimate of drug-likeness (QED) is 0.0754. The van der Waals surface area contributed by atoms with Crippen LogP contribution >= 0.6 is 0 Å². The van der Waals surface area contributed by atoms with Crippen LogP contribution in [0.4, 0.5) is 28.4 Å². The lowest BCUT2D eigenvalue weighted by molar-refractivity contribution is 0.765. The Morgan fingerprint density at radius 2 is 1.09 bits per heavy atom. The molecule has 0 radical (unpaired) electrons. The van der Waals surface area contributed by atoms with Crippen LogP contribution in [0.25, 0.3) is 56.2 Å². The van der Waals surface area contributed by atoms with Crippen molar-refractivity contribution in [3.63, 3.8) is 0 Å². The maximum atomic E-state index is 4.72. The molecule has 1 aliphatic rings. The average molecular weight is 907 g/mol. The molecule has 0 saturated carbocycles. The van der Waals surface area contributed by atoms with E-state index in [9.17, 15) is 0 Å². The van der Waals surface area contributed by atoms with E-state index >= 15 is 0 Å². The van der Waals surface area contributed by atoms with Gasteiger partial charge in [-0.25, -0.2) is 0 Å². The van der Waals surface area contributed by atoms with Crippen LogP contribution in [-0.2, 0) is 12.8 Å². The number of allylic oxidation sites excluding steroid dienone is 5. The van der Waals surface area contributed by atoms with E-state index in [1.807, 2.05) is 78.9 Å². The van der Waals surface area contributed by atoms with E-state index < -0.39 is 0 Å². The monoisotopic (exact) mass is 906 g/mol. The molecule has 338 valence electrons. The smallest absolute Gasteiger partial charge is 0.113 e. The Kier molecular flexibility index (Phi) is 11.9. The van der Waals surface area contributed by atoms with Crippen LogP contribution in [0, 0.1) is 0 Å². The largest absolute Gasteiger partial charge is 0.311 e. The zero-order chi connectivity index (χ0) is 47.4. The van der Waals surface area contributed by atoms with Gasteiger partial charge in [0, 0.05) is 34.1 Å². The molecule has 0 bridgehead atoms. The van der Waals surface area contributed by atoms with Crippen LogP contribution in [0.1, 0.15) is 35.1 Å². The maximum absolute atomic E-state index is 4.72. The van der Waals surface area contributed by atoms with Gasteiger partial charge >= 0.3 is 0 Å². The normalized spacial score (nSPS) is 12.1. The summed E-state index contributed by atoms with van der Waals surface area (Å²) in [4.78, 5) is 7.93. The number of rotatable bonds is 15. The first-order valence-corrected chi connectivity index (χ1v) is 23.7. The van der Waals surface area contributed by atoms with E-state index in [0.29, 0.717) is 0 Å². The summed E-state index contributed by atoms with van der Waals surface area (Å²) in [5.41, 5.74) is 19.3. The van der Waals surface area contributed by atoms with Gasteiger partial charge in [0.2, 0.25) is 0 Å². The van der Waals surface area contributed by atoms with Crippen molar-refractivity contribution in [3.05, 3.63) is 260 Å². The number of hydrogen-bond acceptors (Lipinski definition) is 6. The summed E-state index contributed by atoms with van der Waals surface area (Å²) in [5, 5.41) is 18.8. The van der Waals surface area contributed by atoms with Crippen molar-refractivity contribution in [1.29, 1.82) is 0 Å². The van der Waals surface area contributed by atoms with E-state index in [4.69, 9.17) is 10.2 Å². The zero-order valence-corrected chi connectivity index (χ0v) is 38.8. The summed E-state index contributed by atoms with van der Waals surface area (Å²) >= 11 is 0. The Labute approximate surface area is 408 Å². The lowest BCUT2D eigenvalue weighted by Gasteiger charge is -2.29. The SMILES string of the molecule is C=CCCc1cccc(N(C(=C)/C=C\C(=C)c2ccc(-c3ccc(N(c4ccc(-n5nc6ccccc6n5)cc4)c4cccc5c4CCC=C5)cc3)cc2)c2ccc(-n3nc4ccccc4n3)cc2)c1. The molecule has 8 heteroatoms. The molecule has 8 aromatic carbocycles. The van der Waals surface area contributed by atoms with Gasteiger partial charge in [-0.1, -0.05) is 122 Å². The van der Waals surface area contributed by atoms with Gasteiger partial charge in [-0.3, -0.25) is 0 Å². The average Bonchev–Trinajstić information content (AvgIpc) is 4.06. The zero-order valence-electron chi connectivity index (χ0n) is 38.8. The van der Waals surface area contributed by atoms with E-state index in [1.54, 1.807) is 9.59 Å². The molecule has 0 spiro atoms. The number of aromatic nitrogens is 6. The molecule has 70 heavy (non-hydrogen) atoms. The Morgan fingerprint density at radius 1 is 0.543 bits per heavy atom. The number of benzene rings is 8. The molecule has 2 aromatic heterocycles. The van der Waals surface area contributed by atoms with Gasteiger partial charge in [-0.15, -0.1) is 27.0 Å². The fourth-order valence-electron chi connectivity index (χ4n) is 9.16. The number of anilines is 5. The number of aryl methyl sites for hydroxylation is 1. The van der Waals surface area contributed by atoms with E-state index in [1.165, 1.54) is 22.4 Å². The Bertz CT molecular complexity index is 3530. The molecule has 10 aromatic rings. The molecule has 0 amide bonds. The highest BCUT2D eigenvalue weighted by molar-refractivity contribution is 5.84. The number of fused-ring (bicyclic) bond motifs is 3. The minimum Gasteiger partial charge on any atom is -0.311 e. The highest BCUT2D eigenvalue weighted by Gasteiger charge is 2.20. The van der Waals surface area contributed by atoms with Crippen LogP contribution in [0.15, 0.2) is 238 Å². The molecule has 0 unspecified atom stereocenters. The molecule has 0 N–H and O–H groups in total. The maximum Gasteiger partial charge on any atom is 0.113 e. The van der Waals surface area contributed by atoms with Crippen molar-refractivity contribution in [1.82, 2.24) is 30.0 Å². The fourth-order valence-corrected chi connectivity index (χ4v) is 9.16. The summed E-state index contributed by atoms with van der Waals surface area (Å²) < 4.78 is 0. The molecule has 0 fully saturated rings. The second kappa shape index (κ2) is 19.2.